The number of imidazole rings is 1. The SMILES string of the molecule is CCNC(=O)N1c2ccccc2-c2nc3ccccc3n2C1C. The first kappa shape index (κ1) is 13.8. The third-order valence-corrected chi connectivity index (χ3v) is 4.29. The minimum absolute atomic E-state index is 0.0871. The van der Waals surface area contributed by atoms with Gasteiger partial charge in [0.1, 0.15) is 12.0 Å². The average Bonchev–Trinajstić information content (AvgIpc) is 2.95. The smallest absolute Gasteiger partial charge is 0.323 e. The molecule has 23 heavy (non-hydrogen) atoms. The van der Waals surface area contributed by atoms with Gasteiger partial charge in [-0.2, -0.15) is 0 Å². The number of hydrogen-bond acceptors (Lipinski definition) is 2. The Kier molecular flexibility index (Phi) is 3.08. The zero-order valence-electron chi connectivity index (χ0n) is 13.2. The lowest BCUT2D eigenvalue weighted by atomic mass is 10.1. The summed E-state index contributed by atoms with van der Waals surface area (Å²) >= 11 is 0. The summed E-state index contributed by atoms with van der Waals surface area (Å²) in [4.78, 5) is 19.2. The normalized spacial score (nSPS) is 16.1. The van der Waals surface area contributed by atoms with Crippen LogP contribution in [0.1, 0.15) is 20.0 Å². The van der Waals surface area contributed by atoms with Crippen LogP contribution >= 0.6 is 0 Å². The van der Waals surface area contributed by atoms with Crippen molar-refractivity contribution in [3.05, 3.63) is 48.5 Å². The number of urea groups is 1. The minimum Gasteiger partial charge on any atom is -0.338 e. The predicted octanol–water partition coefficient (Wildman–Crippen LogP) is 3.77. The van der Waals surface area contributed by atoms with E-state index in [1.807, 2.05) is 62.4 Å². The number of rotatable bonds is 1. The van der Waals surface area contributed by atoms with Gasteiger partial charge in [-0.25, -0.2) is 9.78 Å². The van der Waals surface area contributed by atoms with E-state index in [-0.39, 0.29) is 12.2 Å². The van der Waals surface area contributed by atoms with Gasteiger partial charge >= 0.3 is 6.03 Å². The Bertz CT molecular complexity index is 899. The van der Waals surface area contributed by atoms with E-state index in [0.717, 1.165) is 28.1 Å². The molecule has 5 nitrogen and oxygen atoms in total. The summed E-state index contributed by atoms with van der Waals surface area (Å²) < 4.78 is 2.13. The third-order valence-electron chi connectivity index (χ3n) is 4.29. The molecule has 0 spiro atoms. The standard InChI is InChI=1S/C18H18N4O/c1-3-19-18(23)22-12(2)21-16-11-7-5-9-14(16)20-17(21)13-8-4-6-10-15(13)22/h4-12H,3H2,1-2H3,(H,19,23). The Hall–Kier alpha value is -2.82. The van der Waals surface area contributed by atoms with Crippen LogP contribution in [0.2, 0.25) is 0 Å². The lowest BCUT2D eigenvalue weighted by molar-refractivity contribution is 0.242. The van der Waals surface area contributed by atoms with Crippen LogP contribution in [0.25, 0.3) is 22.4 Å². The van der Waals surface area contributed by atoms with Crippen LogP contribution < -0.4 is 10.2 Å². The van der Waals surface area contributed by atoms with Gasteiger partial charge in [0.05, 0.1) is 16.7 Å². The van der Waals surface area contributed by atoms with E-state index in [4.69, 9.17) is 4.98 Å². The fourth-order valence-corrected chi connectivity index (χ4v) is 3.32. The molecule has 3 aromatic rings. The van der Waals surface area contributed by atoms with Crippen molar-refractivity contribution >= 4 is 22.8 Å². The maximum absolute atomic E-state index is 12.6. The minimum atomic E-state index is -0.140. The number of benzene rings is 2. The number of para-hydroxylation sites is 3. The number of nitrogens with zero attached hydrogens (tertiary/aromatic N) is 3. The first-order valence-corrected chi connectivity index (χ1v) is 7.85. The van der Waals surface area contributed by atoms with Gasteiger partial charge < -0.3 is 9.88 Å². The molecule has 2 aromatic carbocycles. The van der Waals surface area contributed by atoms with Gasteiger partial charge in [0, 0.05) is 12.1 Å². The van der Waals surface area contributed by atoms with E-state index in [2.05, 4.69) is 9.88 Å². The molecular formula is C18H18N4O. The maximum Gasteiger partial charge on any atom is 0.323 e. The van der Waals surface area contributed by atoms with Crippen LogP contribution in [-0.4, -0.2) is 22.1 Å². The summed E-state index contributed by atoms with van der Waals surface area (Å²) in [6.07, 6.45) is -0.140. The first-order chi connectivity index (χ1) is 11.2. The van der Waals surface area contributed by atoms with Crippen LogP contribution in [0.4, 0.5) is 10.5 Å². The van der Waals surface area contributed by atoms with Crippen LogP contribution in [-0.2, 0) is 0 Å². The average molecular weight is 306 g/mol. The van der Waals surface area contributed by atoms with E-state index in [1.54, 1.807) is 4.90 Å². The van der Waals surface area contributed by atoms with Crippen molar-refractivity contribution in [3.63, 3.8) is 0 Å². The van der Waals surface area contributed by atoms with E-state index in [0.29, 0.717) is 6.54 Å². The second-order valence-corrected chi connectivity index (χ2v) is 5.65. The molecule has 0 saturated heterocycles. The van der Waals surface area contributed by atoms with Gasteiger partial charge in [-0.3, -0.25) is 4.90 Å². The number of carbonyl (C=O) groups is 1. The molecule has 4 rings (SSSR count). The molecule has 116 valence electrons. The highest BCUT2D eigenvalue weighted by Gasteiger charge is 2.33. The number of anilines is 1. The summed E-state index contributed by atoms with van der Waals surface area (Å²) in [6.45, 7) is 4.56. The van der Waals surface area contributed by atoms with Crippen LogP contribution in [0.15, 0.2) is 48.5 Å². The summed E-state index contributed by atoms with van der Waals surface area (Å²) in [5.41, 5.74) is 3.86. The highest BCUT2D eigenvalue weighted by Crippen LogP contribution is 2.41. The largest absolute Gasteiger partial charge is 0.338 e. The summed E-state index contributed by atoms with van der Waals surface area (Å²) in [5, 5.41) is 2.91. The van der Waals surface area contributed by atoms with E-state index in [1.165, 1.54) is 0 Å². The second kappa shape index (κ2) is 5.12. The quantitative estimate of drug-likeness (QED) is 0.744. The highest BCUT2D eigenvalue weighted by molar-refractivity contribution is 5.99. The molecule has 1 N–H and O–H groups in total. The molecule has 2 amide bonds. The number of fused-ring (bicyclic) bond motifs is 5. The van der Waals surface area contributed by atoms with Gasteiger partial charge in [-0.05, 0) is 38.1 Å². The van der Waals surface area contributed by atoms with E-state index >= 15 is 0 Å². The van der Waals surface area contributed by atoms with Crippen molar-refractivity contribution in [1.82, 2.24) is 14.9 Å². The summed E-state index contributed by atoms with van der Waals surface area (Å²) in [5.74, 6) is 0.912. The lowest BCUT2D eigenvalue weighted by Gasteiger charge is -2.36. The molecule has 0 fully saturated rings. The molecule has 0 bridgehead atoms. The van der Waals surface area contributed by atoms with Crippen molar-refractivity contribution in [1.29, 1.82) is 0 Å². The van der Waals surface area contributed by atoms with Crippen molar-refractivity contribution in [2.24, 2.45) is 0 Å². The Labute approximate surface area is 134 Å². The van der Waals surface area contributed by atoms with Gasteiger partial charge in [-0.1, -0.05) is 24.3 Å². The van der Waals surface area contributed by atoms with Crippen molar-refractivity contribution in [2.45, 2.75) is 20.0 Å². The lowest BCUT2D eigenvalue weighted by Crippen LogP contribution is -2.45. The van der Waals surface area contributed by atoms with Crippen molar-refractivity contribution in [2.75, 3.05) is 11.4 Å². The van der Waals surface area contributed by atoms with Crippen LogP contribution in [0.3, 0.4) is 0 Å². The number of carbonyl (C=O) groups excluding carboxylic acids is 1. The molecular weight excluding hydrogens is 288 g/mol. The molecule has 0 aliphatic carbocycles. The number of aromatic nitrogens is 2. The van der Waals surface area contributed by atoms with Gasteiger partial charge in [0.15, 0.2) is 0 Å². The second-order valence-electron chi connectivity index (χ2n) is 5.65. The van der Waals surface area contributed by atoms with Crippen LogP contribution in [0.5, 0.6) is 0 Å². The predicted molar refractivity (Wildman–Crippen MR) is 91.4 cm³/mol. The fraction of sp³-hybridized carbons (Fsp3) is 0.222. The Morgan fingerprint density at radius 1 is 1.17 bits per heavy atom. The Morgan fingerprint density at radius 3 is 2.74 bits per heavy atom. The molecule has 0 radical (unpaired) electrons. The zero-order chi connectivity index (χ0) is 16.0. The molecule has 1 aliphatic rings. The Balaban J connectivity index is 2.00. The number of nitrogens with one attached hydrogen (secondary N) is 1. The molecule has 1 unspecified atom stereocenters. The monoisotopic (exact) mass is 306 g/mol. The molecule has 2 heterocycles. The maximum atomic E-state index is 12.6. The molecule has 5 heteroatoms. The first-order valence-electron chi connectivity index (χ1n) is 7.85. The number of hydrogen-bond donors (Lipinski definition) is 1. The van der Waals surface area contributed by atoms with E-state index < -0.39 is 0 Å². The van der Waals surface area contributed by atoms with Crippen LogP contribution in [0, 0.1) is 0 Å². The van der Waals surface area contributed by atoms with Gasteiger partial charge in [0.2, 0.25) is 0 Å². The molecule has 1 atom stereocenters. The molecule has 1 aliphatic heterocycles. The molecule has 1 aromatic heterocycles. The van der Waals surface area contributed by atoms with E-state index in [9.17, 15) is 4.79 Å². The van der Waals surface area contributed by atoms with Gasteiger partial charge in [0.25, 0.3) is 0 Å². The fourth-order valence-electron chi connectivity index (χ4n) is 3.32. The molecule has 0 saturated carbocycles. The highest BCUT2D eigenvalue weighted by atomic mass is 16.2. The number of amides is 2. The zero-order valence-corrected chi connectivity index (χ0v) is 13.2. The third kappa shape index (κ3) is 1.93. The van der Waals surface area contributed by atoms with Crippen molar-refractivity contribution in [3.8, 4) is 11.4 Å². The van der Waals surface area contributed by atoms with Gasteiger partial charge in [-0.15, -0.1) is 0 Å². The topological polar surface area (TPSA) is 50.2 Å². The Morgan fingerprint density at radius 2 is 1.91 bits per heavy atom. The van der Waals surface area contributed by atoms with Crippen molar-refractivity contribution < 1.29 is 4.79 Å². The summed E-state index contributed by atoms with van der Waals surface area (Å²) in [7, 11) is 0. The summed E-state index contributed by atoms with van der Waals surface area (Å²) in [6, 6.07) is 15.9.